The van der Waals surface area contributed by atoms with Crippen molar-refractivity contribution >= 4 is 18.1 Å². The maximum absolute atomic E-state index is 10.9. The van der Waals surface area contributed by atoms with Gasteiger partial charge in [0.15, 0.2) is 5.78 Å². The van der Waals surface area contributed by atoms with E-state index in [1.807, 2.05) is 0 Å². The van der Waals surface area contributed by atoms with Crippen molar-refractivity contribution in [2.45, 2.75) is 39.7 Å². The van der Waals surface area contributed by atoms with Crippen LogP contribution in [-0.4, -0.2) is 23.7 Å². The van der Waals surface area contributed by atoms with Crippen molar-refractivity contribution in [3.63, 3.8) is 0 Å². The minimum absolute atomic E-state index is 0.189. The Labute approximate surface area is 78.0 Å². The quantitative estimate of drug-likeness (QED) is 0.618. The zero-order valence-electron chi connectivity index (χ0n) is 8.46. The minimum Gasteiger partial charge on any atom is -0.442 e. The van der Waals surface area contributed by atoms with Crippen molar-refractivity contribution < 1.29 is 14.3 Å². The lowest BCUT2D eigenvalue weighted by atomic mass is 10.2. The number of ketones is 1. The molecule has 0 heterocycles. The number of hydrogen-bond donors (Lipinski definition) is 0. The van der Waals surface area contributed by atoms with Gasteiger partial charge in [-0.15, -0.1) is 0 Å². The third-order valence-electron chi connectivity index (χ3n) is 1.06. The van der Waals surface area contributed by atoms with E-state index < -0.39 is 11.7 Å². The molecule has 0 spiro atoms. The van der Waals surface area contributed by atoms with Crippen LogP contribution in [0.1, 0.15) is 34.1 Å². The van der Waals surface area contributed by atoms with Crippen LogP contribution >= 0.6 is 0 Å². The highest BCUT2D eigenvalue weighted by Crippen LogP contribution is 2.07. The molecule has 0 aliphatic carbocycles. The Bertz CT molecular complexity index is 226. The lowest BCUT2D eigenvalue weighted by Crippen LogP contribution is -2.22. The molecule has 74 valence electrons. The topological polar surface area (TPSA) is 55.7 Å². The largest absolute Gasteiger partial charge is 0.442 e. The van der Waals surface area contributed by atoms with E-state index in [0.717, 1.165) is 6.21 Å². The van der Waals surface area contributed by atoms with E-state index >= 15 is 0 Å². The van der Waals surface area contributed by atoms with E-state index in [-0.39, 0.29) is 5.78 Å². The molecule has 0 fully saturated rings. The summed E-state index contributed by atoms with van der Waals surface area (Å²) in [4.78, 5) is 25.0. The predicted molar refractivity (Wildman–Crippen MR) is 50.0 cm³/mol. The summed E-state index contributed by atoms with van der Waals surface area (Å²) in [6.45, 7) is 6.91. The molecule has 13 heavy (non-hydrogen) atoms. The summed E-state index contributed by atoms with van der Waals surface area (Å²) in [7, 11) is 0. The van der Waals surface area contributed by atoms with Gasteiger partial charge in [-0.25, -0.2) is 4.79 Å². The zero-order valence-corrected chi connectivity index (χ0v) is 8.46. The molecule has 0 N–H and O–H groups in total. The summed E-state index contributed by atoms with van der Waals surface area (Å²) in [6.07, 6.45) is 0.606. The van der Waals surface area contributed by atoms with Gasteiger partial charge in [-0.2, -0.15) is 4.99 Å². The van der Waals surface area contributed by atoms with E-state index in [2.05, 4.69) is 4.99 Å². The third kappa shape index (κ3) is 7.18. The number of ether oxygens (including phenoxy) is 1. The fraction of sp³-hybridized carbons (Fsp3) is 0.667. The molecule has 0 aliphatic heterocycles. The molecule has 0 atom stereocenters. The van der Waals surface area contributed by atoms with E-state index in [0.29, 0.717) is 6.42 Å². The number of amides is 1. The van der Waals surface area contributed by atoms with Crippen molar-refractivity contribution in [2.24, 2.45) is 4.99 Å². The molecule has 0 aromatic heterocycles. The van der Waals surface area contributed by atoms with Gasteiger partial charge >= 0.3 is 6.09 Å². The maximum Gasteiger partial charge on any atom is 0.434 e. The molecule has 0 unspecified atom stereocenters. The summed E-state index contributed by atoms with van der Waals surface area (Å²) < 4.78 is 4.84. The highest BCUT2D eigenvalue weighted by atomic mass is 16.6. The van der Waals surface area contributed by atoms with Crippen LogP contribution in [0.5, 0.6) is 0 Å². The number of aliphatic imine (C=N–C) groups is 1. The van der Waals surface area contributed by atoms with Gasteiger partial charge in [-0.1, -0.05) is 6.92 Å². The van der Waals surface area contributed by atoms with Gasteiger partial charge in [0, 0.05) is 6.42 Å². The van der Waals surface area contributed by atoms with E-state index in [1.165, 1.54) is 0 Å². The molecule has 0 saturated heterocycles. The molecule has 4 nitrogen and oxygen atoms in total. The van der Waals surface area contributed by atoms with Gasteiger partial charge in [0.25, 0.3) is 0 Å². The second-order valence-electron chi connectivity index (χ2n) is 3.56. The molecule has 0 aromatic rings. The van der Waals surface area contributed by atoms with Crippen LogP contribution in [0.25, 0.3) is 0 Å². The van der Waals surface area contributed by atoms with Crippen LogP contribution < -0.4 is 0 Å². The Balaban J connectivity index is 4.02. The molecule has 0 radical (unpaired) electrons. The van der Waals surface area contributed by atoms with Crippen molar-refractivity contribution in [1.29, 1.82) is 0 Å². The molecule has 4 heteroatoms. The second-order valence-corrected chi connectivity index (χ2v) is 3.56. The smallest absolute Gasteiger partial charge is 0.434 e. The summed E-state index contributed by atoms with van der Waals surface area (Å²) in [5.41, 5.74) is -0.566. The van der Waals surface area contributed by atoms with Crippen LogP contribution in [0.4, 0.5) is 4.79 Å². The predicted octanol–water partition coefficient (Wildman–Crippen LogP) is 1.97. The molecule has 0 aliphatic rings. The van der Waals surface area contributed by atoms with Crippen LogP contribution in [0.3, 0.4) is 0 Å². The van der Waals surface area contributed by atoms with Gasteiger partial charge in [-0.05, 0) is 20.8 Å². The van der Waals surface area contributed by atoms with Gasteiger partial charge in [0.2, 0.25) is 0 Å². The van der Waals surface area contributed by atoms with Crippen molar-refractivity contribution in [3.05, 3.63) is 0 Å². The van der Waals surface area contributed by atoms with Crippen LogP contribution in [0, 0.1) is 0 Å². The van der Waals surface area contributed by atoms with E-state index in [1.54, 1.807) is 27.7 Å². The highest BCUT2D eigenvalue weighted by molar-refractivity contribution is 6.28. The number of carbonyl (C=O) groups is 2. The standard InChI is InChI=1S/C9H15NO3/c1-5-7(11)6-10-8(12)13-9(2,3)4/h6H,5H2,1-4H3. The minimum atomic E-state index is -0.728. The second kappa shape index (κ2) is 4.74. The highest BCUT2D eigenvalue weighted by Gasteiger charge is 2.14. The number of hydrogen-bond acceptors (Lipinski definition) is 3. The average Bonchev–Trinajstić information content (AvgIpc) is 1.97. The fourth-order valence-electron chi connectivity index (χ4n) is 0.504. The summed E-state index contributed by atoms with van der Waals surface area (Å²) >= 11 is 0. The SMILES string of the molecule is CCC(=O)C=NC(=O)OC(C)(C)C. The Morgan fingerprint density at radius 1 is 1.38 bits per heavy atom. The number of carbonyl (C=O) groups excluding carboxylic acids is 2. The Kier molecular flexibility index (Phi) is 4.31. The first-order valence-electron chi connectivity index (χ1n) is 4.15. The van der Waals surface area contributed by atoms with E-state index in [4.69, 9.17) is 4.74 Å². The Hall–Kier alpha value is -1.19. The lowest BCUT2D eigenvalue weighted by molar-refractivity contribution is -0.112. The maximum atomic E-state index is 10.9. The summed E-state index contributed by atoms with van der Waals surface area (Å²) in [5, 5.41) is 0. The zero-order chi connectivity index (χ0) is 10.5. The van der Waals surface area contributed by atoms with Crippen molar-refractivity contribution in [2.75, 3.05) is 0 Å². The number of Topliss-reactive ketones (excluding diaryl/α,β-unsaturated/α-hetero) is 1. The monoisotopic (exact) mass is 185 g/mol. The third-order valence-corrected chi connectivity index (χ3v) is 1.06. The van der Waals surface area contributed by atoms with Crippen LogP contribution in [0.15, 0.2) is 4.99 Å². The molecule has 0 rings (SSSR count). The first kappa shape index (κ1) is 11.8. The molecular formula is C9H15NO3. The van der Waals surface area contributed by atoms with Crippen molar-refractivity contribution in [1.82, 2.24) is 0 Å². The molecule has 0 saturated carbocycles. The Morgan fingerprint density at radius 2 is 1.92 bits per heavy atom. The van der Waals surface area contributed by atoms with Gasteiger partial charge < -0.3 is 4.74 Å². The average molecular weight is 185 g/mol. The molecular weight excluding hydrogens is 170 g/mol. The summed E-state index contributed by atoms with van der Waals surface area (Å²) in [6, 6.07) is 0. The molecule has 0 aromatic carbocycles. The first-order chi connectivity index (χ1) is 5.85. The van der Waals surface area contributed by atoms with Crippen LogP contribution in [-0.2, 0) is 9.53 Å². The number of rotatable bonds is 2. The van der Waals surface area contributed by atoms with E-state index in [9.17, 15) is 9.59 Å². The van der Waals surface area contributed by atoms with Gasteiger partial charge in [0.05, 0.1) is 6.21 Å². The summed E-state index contributed by atoms with van der Waals surface area (Å²) in [5.74, 6) is -0.189. The number of nitrogens with zero attached hydrogens (tertiary/aromatic N) is 1. The first-order valence-corrected chi connectivity index (χ1v) is 4.15. The Morgan fingerprint density at radius 3 is 2.31 bits per heavy atom. The normalized spacial score (nSPS) is 11.7. The van der Waals surface area contributed by atoms with Crippen LogP contribution in [0.2, 0.25) is 0 Å². The van der Waals surface area contributed by atoms with Gasteiger partial charge in [-0.3, -0.25) is 4.79 Å². The van der Waals surface area contributed by atoms with Crippen molar-refractivity contribution in [3.8, 4) is 0 Å². The van der Waals surface area contributed by atoms with Gasteiger partial charge in [0.1, 0.15) is 5.60 Å². The molecule has 0 bridgehead atoms. The lowest BCUT2D eigenvalue weighted by Gasteiger charge is -2.16. The fourth-order valence-corrected chi connectivity index (χ4v) is 0.504. The molecule has 1 amide bonds.